The number of benzene rings is 2. The van der Waals surface area contributed by atoms with Crippen molar-refractivity contribution in [1.29, 1.82) is 0 Å². The van der Waals surface area contributed by atoms with Crippen LogP contribution in [0.3, 0.4) is 0 Å². The molecule has 2 aliphatic rings. The van der Waals surface area contributed by atoms with Crippen LogP contribution in [0.25, 0.3) is 10.9 Å². The zero-order valence-corrected chi connectivity index (χ0v) is 16.7. The lowest BCUT2D eigenvalue weighted by Gasteiger charge is -2.26. The Kier molecular flexibility index (Phi) is 4.18. The van der Waals surface area contributed by atoms with Gasteiger partial charge >= 0.3 is 0 Å². The average Bonchev–Trinajstić information content (AvgIpc) is 3.44. The van der Waals surface area contributed by atoms with E-state index in [2.05, 4.69) is 61.5 Å². The molecule has 0 saturated heterocycles. The normalized spacial score (nSPS) is 22.5. The lowest BCUT2D eigenvalue weighted by Crippen LogP contribution is -2.13. The molecule has 4 aromatic rings. The van der Waals surface area contributed by atoms with Crippen LogP contribution in [0.5, 0.6) is 0 Å². The predicted molar refractivity (Wildman–Crippen MR) is 118 cm³/mol. The summed E-state index contributed by atoms with van der Waals surface area (Å²) in [6.07, 6.45) is 10.8. The van der Waals surface area contributed by atoms with Crippen molar-refractivity contribution in [3.8, 4) is 0 Å². The summed E-state index contributed by atoms with van der Waals surface area (Å²) >= 11 is 0. The van der Waals surface area contributed by atoms with Gasteiger partial charge in [0.05, 0.1) is 5.52 Å². The fraction of sp³-hybridized carbons (Fsp3) is 0.280. The minimum atomic E-state index is 0.737. The Labute approximate surface area is 175 Å². The quantitative estimate of drug-likeness (QED) is 0.439. The summed E-state index contributed by atoms with van der Waals surface area (Å²) < 4.78 is 0. The minimum Gasteiger partial charge on any atom is -0.294 e. The number of hydrogen-bond donors (Lipinski definition) is 0. The van der Waals surface area contributed by atoms with Gasteiger partial charge in [-0.2, -0.15) is 5.10 Å². The summed E-state index contributed by atoms with van der Waals surface area (Å²) in [6.45, 7) is 0. The van der Waals surface area contributed by atoms with E-state index in [0.29, 0.717) is 0 Å². The number of aromatic nitrogens is 4. The second kappa shape index (κ2) is 7.17. The van der Waals surface area contributed by atoms with Crippen LogP contribution in [0, 0.1) is 11.8 Å². The molecule has 2 aromatic carbocycles. The highest BCUT2D eigenvalue weighted by Crippen LogP contribution is 2.53. The summed E-state index contributed by atoms with van der Waals surface area (Å²) in [4.78, 5) is 10.7. The minimum absolute atomic E-state index is 0.737. The summed E-state index contributed by atoms with van der Waals surface area (Å²) in [7, 11) is 0. The van der Waals surface area contributed by atoms with E-state index in [1.54, 1.807) is 12.5 Å². The zero-order chi connectivity index (χ0) is 19.9. The molecule has 2 fully saturated rings. The average molecular weight is 393 g/mol. The highest BCUT2D eigenvalue weighted by atomic mass is 15.3. The van der Waals surface area contributed by atoms with E-state index in [4.69, 9.17) is 0 Å². The van der Waals surface area contributed by atoms with Gasteiger partial charge in [0.1, 0.15) is 6.33 Å². The van der Waals surface area contributed by atoms with Crippen molar-refractivity contribution in [3.63, 3.8) is 0 Å². The summed E-state index contributed by atoms with van der Waals surface area (Å²) in [5.41, 5.74) is 4.51. The summed E-state index contributed by atoms with van der Waals surface area (Å²) in [6, 6.07) is 19.2. The summed E-state index contributed by atoms with van der Waals surface area (Å²) in [5, 5.41) is 9.50. The molecule has 2 heterocycles. The van der Waals surface area contributed by atoms with Gasteiger partial charge in [-0.05, 0) is 85.0 Å². The molecule has 0 radical (unpaired) electrons. The number of nitrogens with zero attached hydrogens (tertiary/aromatic N) is 5. The lowest BCUT2D eigenvalue weighted by molar-refractivity contribution is 0.420. The second-order valence-corrected chi connectivity index (χ2v) is 8.56. The Hall–Kier alpha value is -3.34. The smallest absolute Gasteiger partial charge is 0.160 e. The predicted octanol–water partition coefficient (Wildman–Crippen LogP) is 5.79. The maximum absolute atomic E-state index is 4.39. The molecule has 0 N–H and O–H groups in total. The van der Waals surface area contributed by atoms with Crippen molar-refractivity contribution in [2.45, 2.75) is 31.6 Å². The van der Waals surface area contributed by atoms with Crippen molar-refractivity contribution in [3.05, 3.63) is 78.9 Å². The highest BCUT2D eigenvalue weighted by Gasteiger charge is 2.40. The van der Waals surface area contributed by atoms with E-state index >= 15 is 0 Å². The van der Waals surface area contributed by atoms with Crippen LogP contribution in [-0.2, 0) is 0 Å². The highest BCUT2D eigenvalue weighted by molar-refractivity contribution is 5.85. The van der Waals surface area contributed by atoms with E-state index in [-0.39, 0.29) is 0 Å². The number of anilines is 3. The number of rotatable bonds is 4. The van der Waals surface area contributed by atoms with Gasteiger partial charge in [-0.3, -0.25) is 4.90 Å². The largest absolute Gasteiger partial charge is 0.294 e. The van der Waals surface area contributed by atoms with Gasteiger partial charge in [0.15, 0.2) is 5.82 Å². The standard InChI is InChI=1S/C25H23N5/c1-2-25(29-28-11-1)30(22-9-10-24-20(14-22)15-26-16-27-24)21-7-5-18(6-8-21)23-13-17-3-4-19(23)12-17/h1-2,5-11,14-17,19,23H,3-4,12-13H2. The van der Waals surface area contributed by atoms with Crippen LogP contribution >= 0.6 is 0 Å². The molecule has 148 valence electrons. The monoisotopic (exact) mass is 393 g/mol. The van der Waals surface area contributed by atoms with E-state index in [9.17, 15) is 0 Å². The molecule has 3 atom stereocenters. The molecule has 3 unspecified atom stereocenters. The van der Waals surface area contributed by atoms with E-state index < -0.39 is 0 Å². The molecule has 0 aliphatic heterocycles. The van der Waals surface area contributed by atoms with Crippen LogP contribution in [0.15, 0.2) is 73.3 Å². The van der Waals surface area contributed by atoms with Crippen LogP contribution in [0.2, 0.25) is 0 Å². The molecule has 2 aromatic heterocycles. The fourth-order valence-corrected chi connectivity index (χ4v) is 5.46. The Morgan fingerprint density at radius 1 is 0.900 bits per heavy atom. The van der Waals surface area contributed by atoms with Gasteiger partial charge < -0.3 is 0 Å². The third-order valence-corrected chi connectivity index (χ3v) is 6.85. The first-order valence-corrected chi connectivity index (χ1v) is 10.7. The van der Waals surface area contributed by atoms with Gasteiger partial charge in [-0.25, -0.2) is 9.97 Å². The molecule has 5 heteroatoms. The van der Waals surface area contributed by atoms with Crippen LogP contribution in [0.1, 0.15) is 37.2 Å². The van der Waals surface area contributed by atoms with Crippen LogP contribution < -0.4 is 4.90 Å². The summed E-state index contributed by atoms with van der Waals surface area (Å²) in [5.74, 6) is 3.37. The maximum Gasteiger partial charge on any atom is 0.160 e. The first-order chi connectivity index (χ1) is 14.8. The first-order valence-electron chi connectivity index (χ1n) is 10.7. The van der Waals surface area contributed by atoms with E-state index in [0.717, 1.165) is 45.8 Å². The molecule has 30 heavy (non-hydrogen) atoms. The SMILES string of the molecule is c1cnnc(N(c2ccc(C3CC4CCC3C4)cc2)c2ccc3ncncc3c2)c1. The Bertz CT molecular complexity index is 1180. The van der Waals surface area contributed by atoms with E-state index in [1.165, 1.54) is 31.2 Å². The molecule has 2 aliphatic carbocycles. The molecule has 0 spiro atoms. The maximum atomic E-state index is 4.39. The Morgan fingerprint density at radius 2 is 1.80 bits per heavy atom. The third-order valence-electron chi connectivity index (χ3n) is 6.85. The topological polar surface area (TPSA) is 54.8 Å². The van der Waals surface area contributed by atoms with Crippen molar-refractivity contribution >= 4 is 28.1 Å². The molecular weight excluding hydrogens is 370 g/mol. The Morgan fingerprint density at radius 3 is 2.57 bits per heavy atom. The number of hydrogen-bond acceptors (Lipinski definition) is 5. The van der Waals surface area contributed by atoms with Crippen molar-refractivity contribution in [1.82, 2.24) is 20.2 Å². The van der Waals surface area contributed by atoms with Crippen LogP contribution in [-0.4, -0.2) is 20.2 Å². The van der Waals surface area contributed by atoms with Gasteiger partial charge in [0.2, 0.25) is 0 Å². The van der Waals surface area contributed by atoms with Crippen molar-refractivity contribution < 1.29 is 0 Å². The van der Waals surface area contributed by atoms with Gasteiger partial charge in [0, 0.05) is 29.2 Å². The van der Waals surface area contributed by atoms with Gasteiger partial charge in [-0.15, -0.1) is 5.10 Å². The molecule has 6 rings (SSSR count). The lowest BCUT2D eigenvalue weighted by atomic mass is 9.83. The third kappa shape index (κ3) is 3.02. The van der Waals surface area contributed by atoms with Crippen LogP contribution in [0.4, 0.5) is 17.2 Å². The number of fused-ring (bicyclic) bond motifs is 3. The second-order valence-electron chi connectivity index (χ2n) is 8.56. The molecule has 2 saturated carbocycles. The molecule has 5 nitrogen and oxygen atoms in total. The van der Waals surface area contributed by atoms with Gasteiger partial charge in [-0.1, -0.05) is 18.6 Å². The zero-order valence-electron chi connectivity index (χ0n) is 16.7. The van der Waals surface area contributed by atoms with E-state index in [1.807, 2.05) is 24.4 Å². The van der Waals surface area contributed by atoms with Crippen molar-refractivity contribution in [2.75, 3.05) is 4.90 Å². The Balaban J connectivity index is 1.40. The van der Waals surface area contributed by atoms with Crippen molar-refractivity contribution in [2.24, 2.45) is 11.8 Å². The molecule has 0 amide bonds. The molecule has 2 bridgehead atoms. The fourth-order valence-electron chi connectivity index (χ4n) is 5.46. The molecular formula is C25H23N5. The first kappa shape index (κ1) is 17.5. The van der Waals surface area contributed by atoms with Gasteiger partial charge in [0.25, 0.3) is 0 Å².